The number of ether oxygens (including phenoxy) is 4. The number of ketones is 1. The Hall–Kier alpha value is -1.73. The van der Waals surface area contributed by atoms with E-state index in [1.807, 2.05) is 0 Å². The molecule has 7 nitrogen and oxygen atoms in total. The fourth-order valence-electron chi connectivity index (χ4n) is 5.11. The molecule has 1 heterocycles. The summed E-state index contributed by atoms with van der Waals surface area (Å²) in [7, 11) is 3.93. The van der Waals surface area contributed by atoms with Gasteiger partial charge in [0.05, 0.1) is 43.8 Å². The van der Waals surface area contributed by atoms with E-state index in [4.69, 9.17) is 18.9 Å². The van der Waals surface area contributed by atoms with E-state index >= 15 is 0 Å². The number of rotatable bonds is 6. The Balaban J connectivity index is 2.23. The Labute approximate surface area is 153 Å². The van der Waals surface area contributed by atoms with Crippen LogP contribution in [0.4, 0.5) is 0 Å². The van der Waals surface area contributed by atoms with Crippen LogP contribution < -0.4 is 0 Å². The fraction of sp³-hybridized carbons (Fsp3) is 0.737. The number of esters is 2. The molecule has 7 heteroatoms. The largest absolute Gasteiger partial charge is 0.466 e. The lowest BCUT2D eigenvalue weighted by Crippen LogP contribution is -2.69. The first-order valence-electron chi connectivity index (χ1n) is 9.12. The minimum atomic E-state index is -1.52. The molecular formula is C19H26O7. The first-order chi connectivity index (χ1) is 12.5. The predicted molar refractivity (Wildman–Crippen MR) is 89.9 cm³/mol. The van der Waals surface area contributed by atoms with Crippen LogP contribution in [0.2, 0.25) is 0 Å². The first kappa shape index (κ1) is 19.0. The van der Waals surface area contributed by atoms with Crippen molar-refractivity contribution in [2.45, 2.75) is 38.4 Å². The number of carbonyl (C=O) groups excluding carboxylic acids is 3. The van der Waals surface area contributed by atoms with Crippen molar-refractivity contribution in [1.82, 2.24) is 0 Å². The van der Waals surface area contributed by atoms with Crippen molar-refractivity contribution in [1.29, 1.82) is 0 Å². The van der Waals surface area contributed by atoms with Gasteiger partial charge in [-0.1, -0.05) is 19.8 Å². The number of unbranched alkanes of at least 4 members (excludes halogenated alkanes) is 1. The smallest absolute Gasteiger partial charge is 0.335 e. The molecule has 1 saturated heterocycles. The number of hydrogen-bond donors (Lipinski definition) is 0. The van der Waals surface area contributed by atoms with Gasteiger partial charge in [-0.05, 0) is 24.7 Å². The van der Waals surface area contributed by atoms with Gasteiger partial charge in [-0.15, -0.1) is 0 Å². The highest BCUT2D eigenvalue weighted by Crippen LogP contribution is 2.60. The van der Waals surface area contributed by atoms with E-state index in [1.54, 1.807) is 0 Å². The van der Waals surface area contributed by atoms with Crippen LogP contribution in [0.1, 0.15) is 32.6 Å². The SMILES string of the molecule is CCCCC1C2C(=O)C3(OC)OCCC1C3C(C(=O)OC)=C2C(=O)OC. The average Bonchev–Trinajstić information content (AvgIpc) is 2.67. The molecular weight excluding hydrogens is 340 g/mol. The molecule has 144 valence electrons. The summed E-state index contributed by atoms with van der Waals surface area (Å²) in [5.74, 6) is -4.49. The van der Waals surface area contributed by atoms with Crippen LogP contribution in [-0.2, 0) is 33.3 Å². The van der Waals surface area contributed by atoms with Gasteiger partial charge in [0.1, 0.15) is 0 Å². The minimum Gasteiger partial charge on any atom is -0.466 e. The monoisotopic (exact) mass is 366 g/mol. The van der Waals surface area contributed by atoms with Gasteiger partial charge in [0.2, 0.25) is 11.6 Å². The molecule has 4 bridgehead atoms. The lowest BCUT2D eigenvalue weighted by Gasteiger charge is -2.58. The Kier molecular flexibility index (Phi) is 5.21. The third-order valence-corrected chi connectivity index (χ3v) is 6.13. The van der Waals surface area contributed by atoms with Crippen molar-refractivity contribution >= 4 is 17.7 Å². The van der Waals surface area contributed by atoms with Gasteiger partial charge in [0, 0.05) is 7.11 Å². The molecule has 0 aromatic carbocycles. The van der Waals surface area contributed by atoms with Gasteiger partial charge in [-0.25, -0.2) is 9.59 Å². The summed E-state index contributed by atoms with van der Waals surface area (Å²) in [6.07, 6.45) is 3.45. The summed E-state index contributed by atoms with van der Waals surface area (Å²) >= 11 is 0. The van der Waals surface area contributed by atoms with Gasteiger partial charge < -0.3 is 18.9 Å². The molecule has 1 aliphatic heterocycles. The molecule has 2 fully saturated rings. The average molecular weight is 366 g/mol. The Morgan fingerprint density at radius 1 is 1.15 bits per heavy atom. The van der Waals surface area contributed by atoms with Gasteiger partial charge in [0.25, 0.3) is 0 Å². The van der Waals surface area contributed by atoms with Crippen LogP contribution in [0.25, 0.3) is 0 Å². The van der Waals surface area contributed by atoms with E-state index in [-0.39, 0.29) is 28.8 Å². The molecule has 5 unspecified atom stereocenters. The summed E-state index contributed by atoms with van der Waals surface area (Å²) in [5.41, 5.74) is 0.313. The van der Waals surface area contributed by atoms with Gasteiger partial charge in [-0.3, -0.25) is 4.79 Å². The van der Waals surface area contributed by atoms with Crippen molar-refractivity contribution < 1.29 is 33.3 Å². The maximum Gasteiger partial charge on any atom is 0.335 e. The van der Waals surface area contributed by atoms with E-state index < -0.39 is 29.6 Å². The summed E-state index contributed by atoms with van der Waals surface area (Å²) < 4.78 is 21.2. The Bertz CT molecular complexity index is 652. The normalized spacial score (nSPS) is 35.5. The van der Waals surface area contributed by atoms with Crippen molar-refractivity contribution in [2.75, 3.05) is 27.9 Å². The molecule has 4 aliphatic rings. The Morgan fingerprint density at radius 2 is 1.81 bits per heavy atom. The zero-order valence-corrected chi connectivity index (χ0v) is 15.7. The van der Waals surface area contributed by atoms with Crippen LogP contribution in [0.3, 0.4) is 0 Å². The second kappa shape index (κ2) is 7.12. The van der Waals surface area contributed by atoms with Gasteiger partial charge in [0.15, 0.2) is 0 Å². The van der Waals surface area contributed by atoms with Crippen molar-refractivity contribution in [3.63, 3.8) is 0 Å². The molecule has 0 aromatic heterocycles. The third-order valence-electron chi connectivity index (χ3n) is 6.13. The maximum absolute atomic E-state index is 13.4. The zero-order valence-electron chi connectivity index (χ0n) is 15.7. The van der Waals surface area contributed by atoms with Crippen molar-refractivity contribution in [3.05, 3.63) is 11.1 Å². The van der Waals surface area contributed by atoms with Crippen molar-refractivity contribution in [2.24, 2.45) is 23.7 Å². The fourth-order valence-corrected chi connectivity index (χ4v) is 5.11. The molecule has 0 amide bonds. The highest BCUT2D eigenvalue weighted by atomic mass is 16.7. The molecule has 4 rings (SSSR count). The molecule has 26 heavy (non-hydrogen) atoms. The van der Waals surface area contributed by atoms with Crippen molar-refractivity contribution in [3.8, 4) is 0 Å². The number of methoxy groups -OCH3 is 3. The number of hydrogen-bond acceptors (Lipinski definition) is 7. The molecule has 0 spiro atoms. The minimum absolute atomic E-state index is 0.0258. The Morgan fingerprint density at radius 3 is 2.38 bits per heavy atom. The molecule has 5 atom stereocenters. The van der Waals surface area contributed by atoms with E-state index in [0.29, 0.717) is 13.0 Å². The van der Waals surface area contributed by atoms with Crippen LogP contribution >= 0.6 is 0 Å². The lowest BCUT2D eigenvalue weighted by molar-refractivity contribution is -0.285. The molecule has 0 N–H and O–H groups in total. The molecule has 0 aromatic rings. The summed E-state index contributed by atoms with van der Waals surface area (Å²) in [5, 5.41) is 0. The van der Waals surface area contributed by atoms with Crippen LogP contribution in [0.5, 0.6) is 0 Å². The summed E-state index contributed by atoms with van der Waals surface area (Å²) in [4.78, 5) is 38.5. The van der Waals surface area contributed by atoms with Crippen LogP contribution in [-0.4, -0.2) is 51.4 Å². The van der Waals surface area contributed by atoms with E-state index in [0.717, 1.165) is 19.3 Å². The first-order valence-corrected chi connectivity index (χ1v) is 9.12. The standard InChI is InChI=1S/C19H26O7/c1-5-6-7-10-11-8-9-26-19(25-4)15(11)14(18(22)24-3)13(17(21)23-2)12(10)16(19)20/h10-12,15H,5-9H2,1-4H3. The quantitative estimate of drug-likeness (QED) is 0.660. The zero-order chi connectivity index (χ0) is 19.1. The maximum atomic E-state index is 13.4. The van der Waals surface area contributed by atoms with E-state index in [1.165, 1.54) is 21.3 Å². The summed E-state index contributed by atoms with van der Waals surface area (Å²) in [6.45, 7) is 2.47. The highest BCUT2D eigenvalue weighted by Gasteiger charge is 2.70. The molecule has 1 saturated carbocycles. The second-order valence-electron chi connectivity index (χ2n) is 7.11. The number of carbonyl (C=O) groups is 3. The number of Topliss-reactive ketones (excluding diaryl/α,β-unsaturated/α-hetero) is 1. The van der Waals surface area contributed by atoms with Gasteiger partial charge >= 0.3 is 11.9 Å². The third kappa shape index (κ3) is 2.44. The second-order valence-corrected chi connectivity index (χ2v) is 7.11. The highest BCUT2D eigenvalue weighted by molar-refractivity contribution is 6.10. The van der Waals surface area contributed by atoms with Crippen LogP contribution in [0, 0.1) is 23.7 Å². The lowest BCUT2D eigenvalue weighted by atomic mass is 9.50. The van der Waals surface area contributed by atoms with Crippen LogP contribution in [0.15, 0.2) is 11.1 Å². The summed E-state index contributed by atoms with van der Waals surface area (Å²) in [6, 6.07) is 0. The van der Waals surface area contributed by atoms with E-state index in [2.05, 4.69) is 6.92 Å². The molecule has 3 aliphatic carbocycles. The topological polar surface area (TPSA) is 88.1 Å². The van der Waals surface area contributed by atoms with E-state index in [9.17, 15) is 14.4 Å². The molecule has 0 radical (unpaired) electrons. The van der Waals surface area contributed by atoms with Gasteiger partial charge in [-0.2, -0.15) is 0 Å². The predicted octanol–water partition coefficient (Wildman–Crippen LogP) is 1.64.